The summed E-state index contributed by atoms with van der Waals surface area (Å²) in [5.41, 5.74) is 1.25. The van der Waals surface area contributed by atoms with Crippen LogP contribution in [0.1, 0.15) is 50.1 Å². The van der Waals surface area contributed by atoms with Crippen molar-refractivity contribution in [1.29, 1.82) is 0 Å². The predicted molar refractivity (Wildman–Crippen MR) is 79.5 cm³/mol. The number of hydrogen-bond donors (Lipinski definition) is 1. The molecule has 2 rings (SSSR count). The van der Waals surface area contributed by atoms with Crippen molar-refractivity contribution in [2.75, 3.05) is 18.0 Å². The molecule has 0 saturated carbocycles. The monoisotopic (exact) mass is 270 g/mol. The summed E-state index contributed by atoms with van der Waals surface area (Å²) in [5, 5.41) is 1.21. The molecule has 0 aliphatic carbocycles. The topological polar surface area (TPSA) is 16.1 Å². The van der Waals surface area contributed by atoms with Gasteiger partial charge in [0, 0.05) is 23.7 Å². The maximum Gasteiger partial charge on any atom is 0.185 e. The molecule has 96 valence electrons. The van der Waals surface area contributed by atoms with Crippen LogP contribution in [0.3, 0.4) is 0 Å². The van der Waals surface area contributed by atoms with E-state index in [4.69, 9.17) is 4.98 Å². The second-order valence-corrected chi connectivity index (χ2v) is 6.67. The number of thiol groups is 1. The molecule has 0 amide bonds. The third kappa shape index (κ3) is 2.97. The first kappa shape index (κ1) is 13.2. The molecule has 0 unspecified atom stereocenters. The number of anilines is 1. The maximum atomic E-state index is 4.82. The Morgan fingerprint density at radius 3 is 2.53 bits per heavy atom. The zero-order valence-electron chi connectivity index (χ0n) is 10.9. The zero-order valence-corrected chi connectivity index (χ0v) is 12.7. The molecular weight excluding hydrogens is 248 g/mol. The third-order valence-electron chi connectivity index (χ3n) is 3.46. The van der Waals surface area contributed by atoms with E-state index in [0.717, 1.165) is 24.8 Å². The molecular formula is C13H22N2S2. The lowest BCUT2D eigenvalue weighted by atomic mass is 10.00. The molecule has 0 atom stereocenters. The van der Waals surface area contributed by atoms with Gasteiger partial charge in [-0.25, -0.2) is 4.98 Å². The minimum atomic E-state index is 0.505. The molecule has 1 aromatic heterocycles. The Morgan fingerprint density at radius 2 is 2.06 bits per heavy atom. The van der Waals surface area contributed by atoms with Crippen LogP contribution in [0.4, 0.5) is 5.13 Å². The van der Waals surface area contributed by atoms with Crippen LogP contribution in [0.5, 0.6) is 0 Å². The second kappa shape index (κ2) is 5.61. The number of nitrogens with zero attached hydrogens (tertiary/aromatic N) is 2. The van der Waals surface area contributed by atoms with Gasteiger partial charge in [-0.3, -0.25) is 0 Å². The Kier molecular flexibility index (Phi) is 4.36. The summed E-state index contributed by atoms with van der Waals surface area (Å²) in [5.74, 6) is 2.20. The molecule has 17 heavy (non-hydrogen) atoms. The highest BCUT2D eigenvalue weighted by molar-refractivity contribution is 7.79. The normalized spacial score (nSPS) is 18.1. The molecule has 2 nitrogen and oxygen atoms in total. The summed E-state index contributed by atoms with van der Waals surface area (Å²) in [6.45, 7) is 9.10. The van der Waals surface area contributed by atoms with Crippen LogP contribution in [0.2, 0.25) is 0 Å². The number of thiazole rings is 1. The Hall–Kier alpha value is -0.220. The summed E-state index contributed by atoms with van der Waals surface area (Å²) < 4.78 is 0. The van der Waals surface area contributed by atoms with Crippen LogP contribution < -0.4 is 4.90 Å². The van der Waals surface area contributed by atoms with Crippen molar-refractivity contribution in [3.8, 4) is 0 Å². The summed E-state index contributed by atoms with van der Waals surface area (Å²) >= 11 is 6.25. The minimum Gasteiger partial charge on any atom is -0.348 e. The van der Waals surface area contributed by atoms with Crippen LogP contribution in [-0.4, -0.2) is 18.1 Å². The molecule has 0 spiro atoms. The van der Waals surface area contributed by atoms with Gasteiger partial charge in [0.25, 0.3) is 0 Å². The van der Waals surface area contributed by atoms with Crippen molar-refractivity contribution >= 4 is 29.1 Å². The molecule has 0 radical (unpaired) electrons. The van der Waals surface area contributed by atoms with Crippen LogP contribution in [-0.2, 0) is 5.75 Å². The largest absolute Gasteiger partial charge is 0.348 e. The number of piperidine rings is 1. The molecule has 1 aromatic rings. The molecule has 1 fully saturated rings. The molecule has 2 heterocycles. The average molecular weight is 270 g/mol. The fourth-order valence-corrected chi connectivity index (χ4v) is 3.73. The van der Waals surface area contributed by atoms with E-state index < -0.39 is 0 Å². The van der Waals surface area contributed by atoms with Crippen LogP contribution in [0.25, 0.3) is 0 Å². The lowest BCUT2D eigenvalue weighted by Crippen LogP contribution is -2.32. The second-order valence-electron chi connectivity index (χ2n) is 5.29. The van der Waals surface area contributed by atoms with Gasteiger partial charge in [0.05, 0.1) is 5.69 Å². The van der Waals surface area contributed by atoms with Gasteiger partial charge in [0.15, 0.2) is 5.13 Å². The van der Waals surface area contributed by atoms with E-state index in [1.54, 1.807) is 0 Å². The zero-order chi connectivity index (χ0) is 12.4. The number of hydrogen-bond acceptors (Lipinski definition) is 4. The summed E-state index contributed by atoms with van der Waals surface area (Å²) in [4.78, 5) is 8.62. The van der Waals surface area contributed by atoms with Crippen molar-refractivity contribution < 1.29 is 0 Å². The van der Waals surface area contributed by atoms with E-state index in [2.05, 4.69) is 38.3 Å². The smallest absolute Gasteiger partial charge is 0.185 e. The lowest BCUT2D eigenvalue weighted by Gasteiger charge is -2.29. The first-order valence-corrected chi connectivity index (χ1v) is 7.92. The molecule has 4 heteroatoms. The van der Waals surface area contributed by atoms with Gasteiger partial charge in [-0.2, -0.15) is 12.6 Å². The lowest BCUT2D eigenvalue weighted by molar-refractivity contribution is 0.438. The van der Waals surface area contributed by atoms with E-state index in [1.807, 2.05) is 11.3 Å². The fourth-order valence-electron chi connectivity index (χ4n) is 2.25. The highest BCUT2D eigenvalue weighted by Gasteiger charge is 2.21. The van der Waals surface area contributed by atoms with Gasteiger partial charge in [-0.05, 0) is 24.7 Å². The van der Waals surface area contributed by atoms with Gasteiger partial charge in [-0.15, -0.1) is 11.3 Å². The summed E-state index contributed by atoms with van der Waals surface area (Å²) in [7, 11) is 0. The summed E-state index contributed by atoms with van der Waals surface area (Å²) in [6, 6.07) is 0. The quantitative estimate of drug-likeness (QED) is 0.838. The summed E-state index contributed by atoms with van der Waals surface area (Å²) in [6.07, 6.45) is 2.60. The molecule has 0 N–H and O–H groups in total. The molecule has 1 saturated heterocycles. The molecule has 0 bridgehead atoms. The van der Waals surface area contributed by atoms with Gasteiger partial charge < -0.3 is 4.90 Å². The van der Waals surface area contributed by atoms with Crippen molar-refractivity contribution in [1.82, 2.24) is 4.98 Å². The minimum absolute atomic E-state index is 0.505. The van der Waals surface area contributed by atoms with Crippen LogP contribution >= 0.6 is 24.0 Å². The van der Waals surface area contributed by atoms with Gasteiger partial charge in [0.1, 0.15) is 0 Å². The third-order valence-corrected chi connectivity index (χ3v) is 5.12. The first-order valence-electron chi connectivity index (χ1n) is 6.47. The Morgan fingerprint density at radius 1 is 1.41 bits per heavy atom. The van der Waals surface area contributed by atoms with Crippen LogP contribution in [0.15, 0.2) is 0 Å². The first-order chi connectivity index (χ1) is 8.11. The van der Waals surface area contributed by atoms with E-state index in [-0.39, 0.29) is 0 Å². The van der Waals surface area contributed by atoms with E-state index >= 15 is 0 Å². The number of rotatable bonds is 3. The van der Waals surface area contributed by atoms with E-state index in [1.165, 1.54) is 28.5 Å². The number of aromatic nitrogens is 1. The Labute approximate surface area is 114 Å². The molecule has 0 aromatic carbocycles. The van der Waals surface area contributed by atoms with E-state index in [0.29, 0.717) is 5.92 Å². The Bertz CT molecular complexity index is 365. The maximum absolute atomic E-state index is 4.82. The van der Waals surface area contributed by atoms with Crippen molar-refractivity contribution in [2.45, 2.75) is 45.3 Å². The van der Waals surface area contributed by atoms with Crippen LogP contribution in [0, 0.1) is 5.92 Å². The fraction of sp³-hybridized carbons (Fsp3) is 0.769. The van der Waals surface area contributed by atoms with Crippen molar-refractivity contribution in [3.63, 3.8) is 0 Å². The van der Waals surface area contributed by atoms with Gasteiger partial charge in [-0.1, -0.05) is 20.8 Å². The van der Waals surface area contributed by atoms with Crippen molar-refractivity contribution in [2.24, 2.45) is 5.92 Å². The average Bonchev–Trinajstić information content (AvgIpc) is 2.74. The van der Waals surface area contributed by atoms with Crippen molar-refractivity contribution in [3.05, 3.63) is 10.6 Å². The van der Waals surface area contributed by atoms with Gasteiger partial charge >= 0.3 is 0 Å². The standard InChI is InChI=1S/C13H22N2S2/c1-9(2)12-11(8-16)17-13(14-12)15-6-4-10(3)5-7-15/h9-10,16H,4-8H2,1-3H3. The SMILES string of the molecule is CC1CCN(c2nc(C(C)C)c(CS)s2)CC1. The highest BCUT2D eigenvalue weighted by Crippen LogP contribution is 2.33. The van der Waals surface area contributed by atoms with Gasteiger partial charge in [0.2, 0.25) is 0 Å². The highest BCUT2D eigenvalue weighted by atomic mass is 32.1. The molecule has 1 aliphatic rings. The molecule has 1 aliphatic heterocycles. The predicted octanol–water partition coefficient (Wildman–Crippen LogP) is 3.93. The Balaban J connectivity index is 2.16. The van der Waals surface area contributed by atoms with E-state index in [9.17, 15) is 0 Å².